The van der Waals surface area contributed by atoms with Crippen LogP contribution in [0.25, 0.3) is 43.8 Å². The highest BCUT2D eigenvalue weighted by Crippen LogP contribution is 2.34. The molecule has 6 nitrogen and oxygen atoms in total. The van der Waals surface area contributed by atoms with Gasteiger partial charge in [0.25, 0.3) is 0 Å². The molecule has 0 fully saturated rings. The van der Waals surface area contributed by atoms with E-state index in [0.717, 1.165) is 55.1 Å². The maximum absolute atomic E-state index is 12.1. The lowest BCUT2D eigenvalue weighted by atomic mass is 10.0. The SMILES string of the molecule is O=C(O)c1[nH]c2c(-c3nccc4cc[nH]c34)cccc2c1CCCOc1cccc2ccccc12. The van der Waals surface area contributed by atoms with Crippen LogP contribution in [-0.4, -0.2) is 32.6 Å². The fourth-order valence-electron chi connectivity index (χ4n) is 4.85. The van der Waals surface area contributed by atoms with Gasteiger partial charge in [0.05, 0.1) is 23.3 Å². The molecule has 3 aromatic heterocycles. The summed E-state index contributed by atoms with van der Waals surface area (Å²) in [6.07, 6.45) is 4.92. The van der Waals surface area contributed by atoms with Gasteiger partial charge in [0.2, 0.25) is 0 Å². The van der Waals surface area contributed by atoms with E-state index in [1.54, 1.807) is 6.20 Å². The summed E-state index contributed by atoms with van der Waals surface area (Å²) < 4.78 is 6.09. The molecule has 0 spiro atoms. The van der Waals surface area contributed by atoms with Crippen molar-refractivity contribution in [3.63, 3.8) is 0 Å². The van der Waals surface area contributed by atoms with E-state index in [-0.39, 0.29) is 5.69 Å². The van der Waals surface area contributed by atoms with E-state index >= 15 is 0 Å². The summed E-state index contributed by atoms with van der Waals surface area (Å²) >= 11 is 0. The number of nitrogens with one attached hydrogen (secondary N) is 2. The quantitative estimate of drug-likeness (QED) is 0.234. The van der Waals surface area contributed by atoms with Crippen LogP contribution in [0.2, 0.25) is 0 Å². The van der Waals surface area contributed by atoms with Crippen molar-refractivity contribution < 1.29 is 14.6 Å². The maximum Gasteiger partial charge on any atom is 0.352 e. The van der Waals surface area contributed by atoms with Crippen LogP contribution in [0, 0.1) is 0 Å². The first-order valence-corrected chi connectivity index (χ1v) is 11.6. The molecule has 6 aromatic rings. The highest BCUT2D eigenvalue weighted by Gasteiger charge is 2.20. The molecule has 0 saturated heterocycles. The number of fused-ring (bicyclic) bond motifs is 3. The van der Waals surface area contributed by atoms with E-state index in [4.69, 9.17) is 4.74 Å². The molecule has 0 radical (unpaired) electrons. The first-order valence-electron chi connectivity index (χ1n) is 11.6. The zero-order valence-corrected chi connectivity index (χ0v) is 18.9. The van der Waals surface area contributed by atoms with Gasteiger partial charge in [-0.3, -0.25) is 4.98 Å². The van der Waals surface area contributed by atoms with Gasteiger partial charge in [0.15, 0.2) is 0 Å². The lowest BCUT2D eigenvalue weighted by Crippen LogP contribution is -2.04. The number of carboxylic acid groups (broad SMARTS) is 1. The molecule has 6 rings (SSSR count). The molecule has 0 aliphatic heterocycles. The Bertz CT molecular complexity index is 1690. The van der Waals surface area contributed by atoms with Gasteiger partial charge >= 0.3 is 5.97 Å². The van der Waals surface area contributed by atoms with E-state index in [2.05, 4.69) is 27.1 Å². The number of nitrogens with zero attached hydrogens (tertiary/aromatic N) is 1. The molecule has 172 valence electrons. The highest BCUT2D eigenvalue weighted by atomic mass is 16.5. The normalized spacial score (nSPS) is 11.4. The van der Waals surface area contributed by atoms with E-state index in [1.165, 1.54) is 0 Å². The van der Waals surface area contributed by atoms with Crippen LogP contribution in [0.3, 0.4) is 0 Å². The van der Waals surface area contributed by atoms with Gasteiger partial charge in [0.1, 0.15) is 11.4 Å². The van der Waals surface area contributed by atoms with E-state index in [0.29, 0.717) is 19.4 Å². The zero-order valence-electron chi connectivity index (χ0n) is 18.9. The number of aromatic amines is 2. The number of para-hydroxylation sites is 1. The molecule has 6 heteroatoms. The number of carbonyl (C=O) groups is 1. The summed E-state index contributed by atoms with van der Waals surface area (Å²) in [6.45, 7) is 0.489. The summed E-state index contributed by atoms with van der Waals surface area (Å²) in [5.74, 6) is -0.129. The maximum atomic E-state index is 12.1. The molecule has 0 aliphatic rings. The van der Waals surface area contributed by atoms with Crippen molar-refractivity contribution in [2.45, 2.75) is 12.8 Å². The number of aromatic carboxylic acids is 1. The molecule has 0 saturated carbocycles. The van der Waals surface area contributed by atoms with Crippen molar-refractivity contribution >= 4 is 38.5 Å². The van der Waals surface area contributed by atoms with Crippen LogP contribution in [0.5, 0.6) is 5.75 Å². The van der Waals surface area contributed by atoms with Crippen LogP contribution >= 0.6 is 0 Å². The Hall–Kier alpha value is -4.58. The van der Waals surface area contributed by atoms with E-state index < -0.39 is 5.97 Å². The highest BCUT2D eigenvalue weighted by molar-refractivity contribution is 6.05. The van der Waals surface area contributed by atoms with E-state index in [9.17, 15) is 9.90 Å². The molecule has 0 aliphatic carbocycles. The topological polar surface area (TPSA) is 91.0 Å². The third-order valence-corrected chi connectivity index (χ3v) is 6.46. The van der Waals surface area contributed by atoms with Crippen LogP contribution in [0.1, 0.15) is 22.5 Å². The Morgan fingerprint density at radius 2 is 1.71 bits per heavy atom. The second-order valence-electron chi connectivity index (χ2n) is 8.54. The van der Waals surface area contributed by atoms with Gasteiger partial charge in [-0.1, -0.05) is 54.6 Å². The second kappa shape index (κ2) is 8.65. The van der Waals surface area contributed by atoms with Crippen molar-refractivity contribution in [2.24, 2.45) is 0 Å². The third-order valence-electron chi connectivity index (χ3n) is 6.46. The summed E-state index contributed by atoms with van der Waals surface area (Å²) in [6, 6.07) is 24.0. The average molecular weight is 462 g/mol. The Labute approximate surface area is 201 Å². The lowest BCUT2D eigenvalue weighted by molar-refractivity contribution is 0.0690. The van der Waals surface area contributed by atoms with Gasteiger partial charge in [0, 0.05) is 34.1 Å². The number of aromatic nitrogens is 3. The monoisotopic (exact) mass is 461 g/mol. The van der Waals surface area contributed by atoms with Gasteiger partial charge in [-0.2, -0.15) is 0 Å². The number of rotatable bonds is 7. The summed E-state index contributed by atoms with van der Waals surface area (Å²) in [5, 5.41) is 14.1. The molecular formula is C29H23N3O3. The number of benzene rings is 3. The number of carboxylic acids is 1. The molecule has 3 aromatic carbocycles. The van der Waals surface area contributed by atoms with Crippen molar-refractivity contribution in [3.05, 3.63) is 96.4 Å². The van der Waals surface area contributed by atoms with Crippen LogP contribution in [-0.2, 0) is 6.42 Å². The molecule has 0 unspecified atom stereocenters. The summed E-state index contributed by atoms with van der Waals surface area (Å²) in [5.41, 5.74) is 4.38. The molecule has 0 amide bonds. The molecular weight excluding hydrogens is 438 g/mol. The first kappa shape index (κ1) is 21.0. The fourth-order valence-corrected chi connectivity index (χ4v) is 4.85. The Balaban J connectivity index is 1.31. The van der Waals surface area contributed by atoms with Crippen molar-refractivity contribution in [2.75, 3.05) is 6.61 Å². The molecule has 35 heavy (non-hydrogen) atoms. The lowest BCUT2D eigenvalue weighted by Gasteiger charge is -2.09. The predicted octanol–water partition coefficient (Wildman–Crippen LogP) is 6.57. The molecule has 3 N–H and O–H groups in total. The number of hydrogen-bond acceptors (Lipinski definition) is 3. The second-order valence-corrected chi connectivity index (χ2v) is 8.54. The van der Waals surface area contributed by atoms with Crippen LogP contribution in [0.4, 0.5) is 0 Å². The Morgan fingerprint density at radius 3 is 2.63 bits per heavy atom. The minimum atomic E-state index is -0.969. The Kier molecular flexibility index (Phi) is 5.19. The van der Waals surface area contributed by atoms with Gasteiger partial charge in [-0.25, -0.2) is 4.79 Å². The fraction of sp³-hybridized carbons (Fsp3) is 0.103. The van der Waals surface area contributed by atoms with E-state index in [1.807, 2.05) is 66.9 Å². The van der Waals surface area contributed by atoms with Gasteiger partial charge in [-0.05, 0) is 42.0 Å². The number of H-pyrrole nitrogens is 2. The van der Waals surface area contributed by atoms with Crippen molar-refractivity contribution in [1.82, 2.24) is 15.0 Å². The molecule has 0 bridgehead atoms. The number of hydrogen-bond donors (Lipinski definition) is 3. The predicted molar refractivity (Wildman–Crippen MR) is 138 cm³/mol. The minimum absolute atomic E-state index is 0.219. The number of ether oxygens (including phenoxy) is 1. The van der Waals surface area contributed by atoms with Crippen LogP contribution < -0.4 is 4.74 Å². The average Bonchev–Trinajstić information content (AvgIpc) is 3.51. The first-order chi connectivity index (χ1) is 17.2. The zero-order chi connectivity index (χ0) is 23.8. The number of aryl methyl sites for hydroxylation is 1. The van der Waals surface area contributed by atoms with Crippen molar-refractivity contribution in [1.29, 1.82) is 0 Å². The van der Waals surface area contributed by atoms with Gasteiger partial charge in [-0.15, -0.1) is 0 Å². The standard InChI is InChI=1S/C29H23N3O3/c33-29(34)28-22(11-5-17-35-24-12-3-7-18-6-1-2-8-20(18)24)21-9-4-10-23(26(21)32-28)27-25-19(13-15-30-25)14-16-31-27/h1-4,6-10,12-16,30,32H,5,11,17H2,(H,33,34). The smallest absolute Gasteiger partial charge is 0.352 e. The minimum Gasteiger partial charge on any atom is -0.493 e. The molecule has 0 atom stereocenters. The summed E-state index contributed by atoms with van der Waals surface area (Å²) in [4.78, 5) is 23.2. The molecule has 3 heterocycles. The number of pyridine rings is 1. The third kappa shape index (κ3) is 3.69. The summed E-state index contributed by atoms with van der Waals surface area (Å²) in [7, 11) is 0. The van der Waals surface area contributed by atoms with Crippen LogP contribution in [0.15, 0.2) is 85.2 Å². The largest absolute Gasteiger partial charge is 0.493 e. The van der Waals surface area contributed by atoms with Gasteiger partial charge < -0.3 is 19.8 Å². The Morgan fingerprint density at radius 1 is 0.886 bits per heavy atom. The van der Waals surface area contributed by atoms with Crippen molar-refractivity contribution in [3.8, 4) is 17.0 Å².